The van der Waals surface area contributed by atoms with Gasteiger partial charge >= 0.3 is 5.97 Å². The van der Waals surface area contributed by atoms with Gasteiger partial charge in [0.1, 0.15) is 11.6 Å². The van der Waals surface area contributed by atoms with E-state index in [2.05, 4.69) is 6.58 Å². The number of hydrogen-bond acceptors (Lipinski definition) is 6. The number of carbonyl (C=O) groups is 3. The average Bonchev–Trinajstić information content (AvgIpc) is 3.46. The van der Waals surface area contributed by atoms with Crippen molar-refractivity contribution in [3.8, 4) is 0 Å². The van der Waals surface area contributed by atoms with Crippen LogP contribution in [0.15, 0.2) is 43.0 Å². The number of benzene rings is 1. The highest BCUT2D eigenvalue weighted by Crippen LogP contribution is 2.60. The van der Waals surface area contributed by atoms with Crippen molar-refractivity contribution in [1.29, 1.82) is 0 Å². The molecule has 34 heavy (non-hydrogen) atoms. The topological polar surface area (TPSA) is 96.4 Å². The fourth-order valence-corrected chi connectivity index (χ4v) is 6.09. The molecule has 0 radical (unpaired) electrons. The number of likely N-dealkylation sites (tertiary alicyclic amines) is 1. The van der Waals surface area contributed by atoms with Crippen molar-refractivity contribution >= 4 is 17.8 Å². The maximum absolute atomic E-state index is 14.1. The molecular formula is C26H34N2O6. The Morgan fingerprint density at radius 3 is 2.65 bits per heavy atom. The first-order valence-electron chi connectivity index (χ1n) is 12.1. The number of aliphatic hydroxyl groups excluding tert-OH is 1. The molecule has 0 aromatic heterocycles. The van der Waals surface area contributed by atoms with Crippen LogP contribution in [0.2, 0.25) is 0 Å². The molecule has 3 aliphatic rings. The van der Waals surface area contributed by atoms with Crippen molar-refractivity contribution in [1.82, 2.24) is 9.80 Å². The number of esters is 1. The van der Waals surface area contributed by atoms with Crippen LogP contribution in [0.4, 0.5) is 0 Å². The van der Waals surface area contributed by atoms with Crippen molar-refractivity contribution in [2.24, 2.45) is 11.8 Å². The highest BCUT2D eigenvalue weighted by molar-refractivity contribution is 5.98. The molecule has 4 rings (SSSR count). The monoisotopic (exact) mass is 470 g/mol. The van der Waals surface area contributed by atoms with Gasteiger partial charge in [-0.05, 0) is 39.2 Å². The lowest BCUT2D eigenvalue weighted by Gasteiger charge is -2.40. The maximum atomic E-state index is 14.1. The third-order valence-electron chi connectivity index (χ3n) is 7.46. The van der Waals surface area contributed by atoms with Gasteiger partial charge in [0, 0.05) is 12.6 Å². The van der Waals surface area contributed by atoms with Crippen LogP contribution in [0, 0.1) is 11.8 Å². The number of fused-ring (bicyclic) bond motifs is 1. The number of ether oxygens (including phenoxy) is 2. The second kappa shape index (κ2) is 9.50. The van der Waals surface area contributed by atoms with Gasteiger partial charge in [0.05, 0.1) is 37.2 Å². The summed E-state index contributed by atoms with van der Waals surface area (Å²) in [4.78, 5) is 44.3. The third-order valence-corrected chi connectivity index (χ3v) is 7.46. The van der Waals surface area contributed by atoms with Gasteiger partial charge in [-0.2, -0.15) is 0 Å². The zero-order valence-electron chi connectivity index (χ0n) is 20.1. The standard InChI is InChI=1S/C26H34N2O6/c1-5-14-27(16(3)4)24(31)22-26-13-12-19(34-26)20(25(32)33-6-2)21(26)23(30)28(22)18(15-29)17-10-8-7-9-11-17/h5,7-11,16,18-22,29H,1,6,12-15H2,2-4H3/t18-,19-,20+,21+,22?,26?/m1/s1. The summed E-state index contributed by atoms with van der Waals surface area (Å²) in [6, 6.07) is 7.32. The van der Waals surface area contributed by atoms with Crippen LogP contribution in [0.5, 0.6) is 0 Å². The van der Waals surface area contributed by atoms with Crippen LogP contribution < -0.4 is 0 Å². The summed E-state index contributed by atoms with van der Waals surface area (Å²) in [5.41, 5.74) is -0.415. The van der Waals surface area contributed by atoms with Crippen LogP contribution in [-0.4, -0.2) is 76.2 Å². The Kier molecular flexibility index (Phi) is 6.82. The van der Waals surface area contributed by atoms with Crippen molar-refractivity contribution in [3.63, 3.8) is 0 Å². The van der Waals surface area contributed by atoms with Crippen molar-refractivity contribution in [2.45, 2.75) is 63.4 Å². The molecule has 184 valence electrons. The Morgan fingerprint density at radius 2 is 2.06 bits per heavy atom. The summed E-state index contributed by atoms with van der Waals surface area (Å²) in [7, 11) is 0. The summed E-state index contributed by atoms with van der Waals surface area (Å²) < 4.78 is 11.7. The molecule has 3 fully saturated rings. The summed E-state index contributed by atoms with van der Waals surface area (Å²) in [6.07, 6.45) is 2.26. The van der Waals surface area contributed by atoms with Gasteiger partial charge in [-0.25, -0.2) is 0 Å². The second-order valence-electron chi connectivity index (χ2n) is 9.54. The van der Waals surface area contributed by atoms with Crippen molar-refractivity contribution < 1.29 is 29.0 Å². The first kappa shape index (κ1) is 24.4. The van der Waals surface area contributed by atoms with Gasteiger partial charge in [0.15, 0.2) is 0 Å². The minimum Gasteiger partial charge on any atom is -0.466 e. The number of hydrogen-bond donors (Lipinski definition) is 1. The van der Waals surface area contributed by atoms with Crippen LogP contribution in [0.25, 0.3) is 0 Å². The van der Waals surface area contributed by atoms with Gasteiger partial charge in [-0.1, -0.05) is 36.4 Å². The Labute approximate surface area is 200 Å². The molecule has 2 amide bonds. The largest absolute Gasteiger partial charge is 0.466 e. The van der Waals surface area contributed by atoms with Crippen molar-refractivity contribution in [2.75, 3.05) is 19.8 Å². The zero-order valence-corrected chi connectivity index (χ0v) is 20.1. The summed E-state index contributed by atoms with van der Waals surface area (Å²) in [5, 5.41) is 10.4. The number of aliphatic hydroxyl groups is 1. The lowest BCUT2D eigenvalue weighted by Crippen LogP contribution is -2.58. The summed E-state index contributed by atoms with van der Waals surface area (Å²) in [6.45, 7) is 9.48. The predicted octanol–water partition coefficient (Wildman–Crippen LogP) is 2.08. The predicted molar refractivity (Wildman–Crippen MR) is 124 cm³/mol. The highest BCUT2D eigenvalue weighted by Gasteiger charge is 2.75. The molecule has 2 unspecified atom stereocenters. The Bertz CT molecular complexity index is 950. The lowest BCUT2D eigenvalue weighted by atomic mass is 9.70. The minimum absolute atomic E-state index is 0.137. The molecule has 1 spiro atoms. The SMILES string of the molecule is C=CCN(C(=O)C1N([C@H](CO)c2ccccc2)C(=O)[C@@H]2[C@@H](C(=O)OCC)[C@H]3CCC12O3)C(C)C. The fraction of sp³-hybridized carbons (Fsp3) is 0.577. The molecule has 3 heterocycles. The van der Waals surface area contributed by atoms with E-state index in [0.29, 0.717) is 19.4 Å². The quantitative estimate of drug-likeness (QED) is 0.439. The normalized spacial score (nSPS) is 30.4. The second-order valence-corrected chi connectivity index (χ2v) is 9.54. The Balaban J connectivity index is 1.84. The smallest absolute Gasteiger partial charge is 0.312 e. The lowest BCUT2D eigenvalue weighted by molar-refractivity contribution is -0.156. The fourth-order valence-electron chi connectivity index (χ4n) is 6.09. The number of nitrogens with zero attached hydrogens (tertiary/aromatic N) is 2. The molecule has 2 bridgehead atoms. The van der Waals surface area contributed by atoms with Gasteiger partial charge in [0.2, 0.25) is 11.8 Å². The van der Waals surface area contributed by atoms with E-state index in [4.69, 9.17) is 9.47 Å². The van der Waals surface area contributed by atoms with E-state index in [-0.39, 0.29) is 31.1 Å². The minimum atomic E-state index is -1.13. The van der Waals surface area contributed by atoms with Crippen LogP contribution in [0.1, 0.15) is 45.2 Å². The molecule has 8 nitrogen and oxygen atoms in total. The van der Waals surface area contributed by atoms with Crippen molar-refractivity contribution in [3.05, 3.63) is 48.6 Å². The van der Waals surface area contributed by atoms with Crippen LogP contribution in [-0.2, 0) is 23.9 Å². The van der Waals surface area contributed by atoms with E-state index in [1.807, 2.05) is 44.2 Å². The molecule has 6 atom stereocenters. The van der Waals surface area contributed by atoms with Gasteiger partial charge in [-0.15, -0.1) is 6.58 Å². The van der Waals surface area contributed by atoms with Gasteiger partial charge in [-0.3, -0.25) is 14.4 Å². The third kappa shape index (κ3) is 3.64. The molecule has 1 aromatic carbocycles. The van der Waals surface area contributed by atoms with Gasteiger partial charge in [0.25, 0.3) is 0 Å². The summed E-state index contributed by atoms with van der Waals surface area (Å²) in [5.74, 6) is -2.65. The molecule has 8 heteroatoms. The maximum Gasteiger partial charge on any atom is 0.312 e. The molecular weight excluding hydrogens is 436 g/mol. The molecule has 1 N–H and O–H groups in total. The number of rotatable bonds is 9. The molecule has 3 saturated heterocycles. The number of carbonyl (C=O) groups excluding carboxylic acids is 3. The Morgan fingerprint density at radius 1 is 1.35 bits per heavy atom. The first-order chi connectivity index (χ1) is 16.3. The highest BCUT2D eigenvalue weighted by atomic mass is 16.6. The van der Waals surface area contributed by atoms with E-state index in [1.54, 1.807) is 17.9 Å². The average molecular weight is 471 g/mol. The molecule has 3 aliphatic heterocycles. The van der Waals surface area contributed by atoms with E-state index in [9.17, 15) is 19.5 Å². The zero-order chi connectivity index (χ0) is 24.6. The molecule has 0 aliphatic carbocycles. The number of amides is 2. The van der Waals surface area contributed by atoms with Crippen LogP contribution in [0.3, 0.4) is 0 Å². The Hall–Kier alpha value is -2.71. The van der Waals surface area contributed by atoms with E-state index < -0.39 is 41.6 Å². The van der Waals surface area contributed by atoms with Gasteiger partial charge < -0.3 is 24.4 Å². The van der Waals surface area contributed by atoms with E-state index in [0.717, 1.165) is 5.56 Å². The molecule has 0 saturated carbocycles. The van der Waals surface area contributed by atoms with Crippen LogP contribution >= 0.6 is 0 Å². The molecule has 1 aromatic rings. The summed E-state index contributed by atoms with van der Waals surface area (Å²) >= 11 is 0. The first-order valence-corrected chi connectivity index (χ1v) is 12.1. The van der Waals surface area contributed by atoms with E-state index in [1.165, 1.54) is 4.90 Å². The van der Waals surface area contributed by atoms with E-state index >= 15 is 0 Å².